The lowest BCUT2D eigenvalue weighted by Gasteiger charge is -2.42. The molecule has 5 rings (SSSR count). The summed E-state index contributed by atoms with van der Waals surface area (Å²) in [6.07, 6.45) is 1.04. The fourth-order valence-corrected chi connectivity index (χ4v) is 6.72. The standard InChI is InChI=1S/C28H31ClF3N3O3/c1-26(2,3)12-20-28(15-8-18(31)16(29)9-19(15)34-25(28)37)21(14-6-5-7-17(30)22(14)32)23(35-20)24(36)33-13-10-27(4,38)11-13/h5-9,13,20-21,23,35,38H,10-12H2,1-4H3,(H,33,36)(H,34,37)/t13-,20-,21+,23-,27+,28+/m1/s1. The van der Waals surface area contributed by atoms with Crippen molar-refractivity contribution in [1.82, 2.24) is 10.6 Å². The van der Waals surface area contributed by atoms with Crippen molar-refractivity contribution in [3.63, 3.8) is 0 Å². The molecule has 2 aliphatic heterocycles. The fraction of sp³-hybridized carbons (Fsp3) is 0.500. The van der Waals surface area contributed by atoms with E-state index in [1.54, 1.807) is 6.92 Å². The van der Waals surface area contributed by atoms with E-state index in [-0.39, 0.29) is 33.3 Å². The number of anilines is 1. The molecule has 38 heavy (non-hydrogen) atoms. The lowest BCUT2D eigenvalue weighted by Crippen LogP contribution is -2.57. The minimum Gasteiger partial charge on any atom is -0.390 e. The number of rotatable bonds is 4. The van der Waals surface area contributed by atoms with E-state index >= 15 is 4.39 Å². The summed E-state index contributed by atoms with van der Waals surface area (Å²) in [7, 11) is 0. The molecule has 2 fully saturated rings. The van der Waals surface area contributed by atoms with Gasteiger partial charge in [-0.25, -0.2) is 13.2 Å². The highest BCUT2D eigenvalue weighted by atomic mass is 35.5. The Labute approximate surface area is 224 Å². The summed E-state index contributed by atoms with van der Waals surface area (Å²) < 4.78 is 45.0. The van der Waals surface area contributed by atoms with Gasteiger partial charge in [0.05, 0.1) is 16.7 Å². The number of halogens is 4. The van der Waals surface area contributed by atoms with Gasteiger partial charge in [-0.15, -0.1) is 0 Å². The maximum Gasteiger partial charge on any atom is 0.238 e. The molecule has 1 saturated heterocycles. The third-order valence-corrected chi connectivity index (χ3v) is 8.31. The van der Waals surface area contributed by atoms with Gasteiger partial charge in [-0.3, -0.25) is 9.59 Å². The van der Waals surface area contributed by atoms with Gasteiger partial charge in [0.15, 0.2) is 11.6 Å². The Hall–Kier alpha value is -2.62. The summed E-state index contributed by atoms with van der Waals surface area (Å²) in [5.74, 6) is -5.33. The molecule has 0 radical (unpaired) electrons. The average Bonchev–Trinajstić information content (AvgIpc) is 3.24. The largest absolute Gasteiger partial charge is 0.390 e. The Morgan fingerprint density at radius 3 is 2.50 bits per heavy atom. The second kappa shape index (κ2) is 8.96. The smallest absolute Gasteiger partial charge is 0.238 e. The third kappa shape index (κ3) is 4.28. The Morgan fingerprint density at radius 1 is 1.18 bits per heavy atom. The molecular formula is C28H31ClF3N3O3. The van der Waals surface area contributed by atoms with Crippen LogP contribution in [-0.4, -0.2) is 40.6 Å². The molecule has 2 aromatic carbocycles. The van der Waals surface area contributed by atoms with Crippen molar-refractivity contribution >= 4 is 29.1 Å². The van der Waals surface area contributed by atoms with E-state index < -0.39 is 58.3 Å². The SMILES string of the molecule is CC(C)(C)C[C@H]1N[C@@H](C(=O)N[C@H]2C[C@@](C)(O)C2)[C@H](c2cccc(F)c2F)[C@@]12C(=O)Nc1cc(Cl)c(F)cc12. The minimum absolute atomic E-state index is 0.159. The van der Waals surface area contributed by atoms with Crippen molar-refractivity contribution in [2.45, 2.75) is 82.0 Å². The van der Waals surface area contributed by atoms with Crippen LogP contribution in [0.25, 0.3) is 0 Å². The maximum absolute atomic E-state index is 15.5. The number of amides is 2. The predicted octanol–water partition coefficient (Wildman–Crippen LogP) is 4.54. The Balaban J connectivity index is 1.71. The van der Waals surface area contributed by atoms with Crippen molar-refractivity contribution in [1.29, 1.82) is 0 Å². The Morgan fingerprint density at radius 2 is 1.87 bits per heavy atom. The summed E-state index contributed by atoms with van der Waals surface area (Å²) >= 11 is 6.02. The van der Waals surface area contributed by atoms with Gasteiger partial charge in [0.1, 0.15) is 11.2 Å². The summed E-state index contributed by atoms with van der Waals surface area (Å²) in [6.45, 7) is 7.54. The number of hydrogen-bond acceptors (Lipinski definition) is 4. The normalized spacial score (nSPS) is 32.2. The highest BCUT2D eigenvalue weighted by Crippen LogP contribution is 2.57. The van der Waals surface area contributed by atoms with Crippen molar-refractivity contribution < 1.29 is 27.9 Å². The van der Waals surface area contributed by atoms with E-state index in [0.29, 0.717) is 19.3 Å². The van der Waals surface area contributed by atoms with Gasteiger partial charge in [0, 0.05) is 23.7 Å². The molecular weight excluding hydrogens is 519 g/mol. The monoisotopic (exact) mass is 549 g/mol. The molecule has 0 aromatic heterocycles. The molecule has 10 heteroatoms. The maximum atomic E-state index is 15.5. The summed E-state index contributed by atoms with van der Waals surface area (Å²) in [6, 6.07) is 3.91. The molecule has 6 nitrogen and oxygen atoms in total. The van der Waals surface area contributed by atoms with Gasteiger partial charge in [0.25, 0.3) is 0 Å². The lowest BCUT2D eigenvalue weighted by atomic mass is 9.62. The van der Waals surface area contributed by atoms with Crippen LogP contribution in [-0.2, 0) is 15.0 Å². The molecule has 0 unspecified atom stereocenters. The highest BCUT2D eigenvalue weighted by molar-refractivity contribution is 6.31. The molecule has 2 aromatic rings. The van der Waals surface area contributed by atoms with Crippen molar-refractivity contribution in [3.05, 3.63) is 63.9 Å². The first-order chi connectivity index (χ1) is 17.6. The zero-order valence-electron chi connectivity index (χ0n) is 21.6. The van der Waals surface area contributed by atoms with E-state index in [1.165, 1.54) is 18.2 Å². The average molecular weight is 550 g/mol. The molecule has 204 valence electrons. The van der Waals surface area contributed by atoms with Gasteiger partial charge < -0.3 is 21.1 Å². The first-order valence-electron chi connectivity index (χ1n) is 12.7. The van der Waals surface area contributed by atoms with Crippen LogP contribution in [0.4, 0.5) is 18.9 Å². The molecule has 0 bridgehead atoms. The third-order valence-electron chi connectivity index (χ3n) is 8.02. The first-order valence-corrected chi connectivity index (χ1v) is 13.1. The number of hydrogen-bond donors (Lipinski definition) is 4. The molecule has 1 saturated carbocycles. The van der Waals surface area contributed by atoms with Crippen LogP contribution in [0.2, 0.25) is 5.02 Å². The van der Waals surface area contributed by atoms with Crippen molar-refractivity contribution in [2.75, 3.05) is 5.32 Å². The number of benzene rings is 2. The minimum atomic E-state index is -1.64. The van der Waals surface area contributed by atoms with Gasteiger partial charge in [0.2, 0.25) is 11.8 Å². The van der Waals surface area contributed by atoms with E-state index in [1.807, 2.05) is 20.8 Å². The second-order valence-corrected chi connectivity index (χ2v) is 12.7. The number of fused-ring (bicyclic) bond motifs is 2. The molecule has 4 N–H and O–H groups in total. The zero-order chi connectivity index (χ0) is 27.8. The lowest BCUT2D eigenvalue weighted by molar-refractivity contribution is -0.127. The van der Waals surface area contributed by atoms with Crippen molar-refractivity contribution in [3.8, 4) is 0 Å². The van der Waals surface area contributed by atoms with Gasteiger partial charge in [-0.1, -0.05) is 44.5 Å². The number of aliphatic hydroxyl groups is 1. The number of carbonyl (C=O) groups excluding carboxylic acids is 2. The van der Waals surface area contributed by atoms with Crippen LogP contribution in [0.15, 0.2) is 30.3 Å². The second-order valence-electron chi connectivity index (χ2n) is 12.3. The molecule has 2 amide bonds. The van der Waals surface area contributed by atoms with E-state index in [4.69, 9.17) is 11.6 Å². The molecule has 1 aliphatic carbocycles. The van der Waals surface area contributed by atoms with Gasteiger partial charge >= 0.3 is 0 Å². The number of nitrogens with one attached hydrogen (secondary N) is 3. The van der Waals surface area contributed by atoms with E-state index in [9.17, 15) is 23.5 Å². The van der Waals surface area contributed by atoms with Crippen LogP contribution >= 0.6 is 11.6 Å². The van der Waals surface area contributed by atoms with Crippen LogP contribution < -0.4 is 16.0 Å². The Bertz CT molecular complexity index is 1320. The van der Waals surface area contributed by atoms with Crippen molar-refractivity contribution in [2.24, 2.45) is 5.41 Å². The fourth-order valence-electron chi connectivity index (χ4n) is 6.56. The summed E-state index contributed by atoms with van der Waals surface area (Å²) in [4.78, 5) is 27.7. The van der Waals surface area contributed by atoms with Gasteiger partial charge in [-0.05, 0) is 60.9 Å². The van der Waals surface area contributed by atoms with Crippen LogP contribution in [0.3, 0.4) is 0 Å². The quantitative estimate of drug-likeness (QED) is 0.451. The van der Waals surface area contributed by atoms with E-state index in [2.05, 4.69) is 16.0 Å². The first kappa shape index (κ1) is 27.0. The van der Waals surface area contributed by atoms with Crippen LogP contribution in [0, 0.1) is 22.9 Å². The van der Waals surface area contributed by atoms with Crippen LogP contribution in [0.5, 0.6) is 0 Å². The van der Waals surface area contributed by atoms with E-state index in [0.717, 1.165) is 12.1 Å². The zero-order valence-corrected chi connectivity index (χ0v) is 22.3. The Kier molecular flexibility index (Phi) is 6.36. The highest BCUT2D eigenvalue weighted by Gasteiger charge is 2.66. The predicted molar refractivity (Wildman–Crippen MR) is 137 cm³/mol. The molecule has 1 spiro atoms. The topological polar surface area (TPSA) is 90.5 Å². The number of carbonyl (C=O) groups is 2. The summed E-state index contributed by atoms with van der Waals surface area (Å²) in [5.41, 5.74) is -2.56. The van der Waals surface area contributed by atoms with Gasteiger partial charge in [-0.2, -0.15) is 0 Å². The molecule has 3 aliphatic rings. The summed E-state index contributed by atoms with van der Waals surface area (Å²) in [5, 5.41) is 18.9. The molecule has 2 heterocycles. The molecule has 4 atom stereocenters. The van der Waals surface area contributed by atoms with Crippen LogP contribution in [0.1, 0.15) is 64.0 Å².